The number of nitrogens with two attached hydrogens (primary N) is 1. The van der Waals surface area contributed by atoms with Gasteiger partial charge in [0.1, 0.15) is 11.3 Å². The highest BCUT2D eigenvalue weighted by Crippen LogP contribution is 2.27. The second kappa shape index (κ2) is 5.34. The van der Waals surface area contributed by atoms with Crippen LogP contribution in [-0.4, -0.2) is 4.98 Å². The van der Waals surface area contributed by atoms with Crippen LogP contribution < -0.4 is 5.73 Å². The van der Waals surface area contributed by atoms with Gasteiger partial charge in [0.25, 0.3) is 0 Å². The number of furan rings is 1. The number of aromatic nitrogens is 1. The van der Waals surface area contributed by atoms with Crippen LogP contribution >= 0.6 is 0 Å². The summed E-state index contributed by atoms with van der Waals surface area (Å²) < 4.78 is 5.83. The number of aryl methyl sites for hydroxylation is 1. The predicted molar refractivity (Wildman–Crippen MR) is 85.3 cm³/mol. The van der Waals surface area contributed by atoms with Gasteiger partial charge in [-0.05, 0) is 36.1 Å². The summed E-state index contributed by atoms with van der Waals surface area (Å²) in [6, 6.07) is 14.0. The fourth-order valence-corrected chi connectivity index (χ4v) is 2.45. The molecule has 0 aliphatic carbocycles. The Balaban J connectivity index is 1.93. The fourth-order valence-electron chi connectivity index (χ4n) is 2.45. The predicted octanol–water partition coefficient (Wildman–Crippen LogP) is 4.31. The van der Waals surface area contributed by atoms with Crippen LogP contribution in [0.15, 0.2) is 46.9 Å². The molecule has 1 atom stereocenters. The molecule has 3 rings (SSSR count). The molecule has 0 saturated heterocycles. The second-order valence-electron chi connectivity index (χ2n) is 5.78. The van der Waals surface area contributed by atoms with Crippen molar-refractivity contribution in [2.45, 2.75) is 32.7 Å². The van der Waals surface area contributed by atoms with Gasteiger partial charge in [-0.15, -0.1) is 0 Å². The molecule has 3 nitrogen and oxygen atoms in total. The molecular weight excluding hydrogens is 260 g/mol. The summed E-state index contributed by atoms with van der Waals surface area (Å²) in [5, 5.41) is 0. The van der Waals surface area contributed by atoms with Gasteiger partial charge in [0.2, 0.25) is 0 Å². The van der Waals surface area contributed by atoms with Gasteiger partial charge in [-0.2, -0.15) is 0 Å². The lowest BCUT2D eigenvalue weighted by molar-refractivity contribution is 0.525. The summed E-state index contributed by atoms with van der Waals surface area (Å²) in [7, 11) is 0. The molecule has 21 heavy (non-hydrogen) atoms. The molecule has 0 bridgehead atoms. The first-order chi connectivity index (χ1) is 10.0. The Hall–Kier alpha value is -2.13. The van der Waals surface area contributed by atoms with E-state index in [4.69, 9.17) is 10.2 Å². The van der Waals surface area contributed by atoms with E-state index < -0.39 is 0 Å². The summed E-state index contributed by atoms with van der Waals surface area (Å²) >= 11 is 0. The topological polar surface area (TPSA) is 52.0 Å². The van der Waals surface area contributed by atoms with Crippen LogP contribution in [0.4, 0.5) is 0 Å². The summed E-state index contributed by atoms with van der Waals surface area (Å²) in [5.41, 5.74) is 11.3. The monoisotopic (exact) mass is 280 g/mol. The van der Waals surface area contributed by atoms with Gasteiger partial charge < -0.3 is 10.2 Å². The molecule has 0 aliphatic rings. The molecule has 0 saturated carbocycles. The number of benzene rings is 1. The molecule has 2 aromatic heterocycles. The molecule has 0 aliphatic heterocycles. The molecule has 3 heteroatoms. The normalized spacial score (nSPS) is 13.0. The zero-order chi connectivity index (χ0) is 15.0. The highest BCUT2D eigenvalue weighted by atomic mass is 16.3. The molecule has 0 spiro atoms. The molecule has 108 valence electrons. The average Bonchev–Trinajstić information content (AvgIpc) is 2.89. The third-order valence-corrected chi connectivity index (χ3v) is 3.80. The summed E-state index contributed by atoms with van der Waals surface area (Å²) in [5.74, 6) is 1.27. The van der Waals surface area contributed by atoms with Crippen molar-refractivity contribution in [2.75, 3.05) is 0 Å². The molecular formula is C18H20N2O. The first-order valence-electron chi connectivity index (χ1n) is 7.27. The second-order valence-corrected chi connectivity index (χ2v) is 5.78. The number of fused-ring (bicyclic) bond motifs is 1. The summed E-state index contributed by atoms with van der Waals surface area (Å²) in [6.45, 7) is 6.33. The molecule has 1 unspecified atom stereocenters. The first-order valence-corrected chi connectivity index (χ1v) is 7.27. The minimum atomic E-state index is -0.263. The van der Waals surface area contributed by atoms with Gasteiger partial charge >= 0.3 is 0 Å². The fraction of sp³-hybridized carbons (Fsp3) is 0.278. The van der Waals surface area contributed by atoms with Gasteiger partial charge in [-0.3, -0.25) is 0 Å². The van der Waals surface area contributed by atoms with Crippen molar-refractivity contribution < 1.29 is 4.42 Å². The highest BCUT2D eigenvalue weighted by molar-refractivity contribution is 5.73. The van der Waals surface area contributed by atoms with Crippen LogP contribution in [0.2, 0.25) is 0 Å². The number of nitrogens with zero attached hydrogens (tertiary/aromatic N) is 1. The Labute approximate surface area is 124 Å². The zero-order valence-corrected chi connectivity index (χ0v) is 12.6. The van der Waals surface area contributed by atoms with E-state index >= 15 is 0 Å². The number of pyridine rings is 1. The Kier molecular flexibility index (Phi) is 3.52. The van der Waals surface area contributed by atoms with Gasteiger partial charge in [-0.1, -0.05) is 38.1 Å². The highest BCUT2D eigenvalue weighted by Gasteiger charge is 2.15. The SMILES string of the molecule is Cc1ccc2oc(C(N)c3ccc(C(C)C)cc3)cc2n1. The van der Waals surface area contributed by atoms with E-state index in [0.717, 1.165) is 28.1 Å². The minimum Gasteiger partial charge on any atom is -0.457 e. The Morgan fingerprint density at radius 2 is 1.67 bits per heavy atom. The van der Waals surface area contributed by atoms with E-state index in [0.29, 0.717) is 5.92 Å². The van der Waals surface area contributed by atoms with Crippen molar-refractivity contribution in [2.24, 2.45) is 5.73 Å². The van der Waals surface area contributed by atoms with Crippen LogP contribution in [0.3, 0.4) is 0 Å². The smallest absolute Gasteiger partial charge is 0.152 e. The van der Waals surface area contributed by atoms with Crippen LogP contribution in [0.1, 0.15) is 48.4 Å². The summed E-state index contributed by atoms with van der Waals surface area (Å²) in [4.78, 5) is 4.46. The van der Waals surface area contributed by atoms with Crippen LogP contribution in [0.5, 0.6) is 0 Å². The maximum atomic E-state index is 6.32. The Bertz CT molecular complexity index is 756. The lowest BCUT2D eigenvalue weighted by Crippen LogP contribution is -2.10. The zero-order valence-electron chi connectivity index (χ0n) is 12.6. The first kappa shape index (κ1) is 13.8. The van der Waals surface area contributed by atoms with Gasteiger partial charge in [0.05, 0.1) is 6.04 Å². The van der Waals surface area contributed by atoms with E-state index in [1.165, 1.54) is 5.56 Å². The van der Waals surface area contributed by atoms with Crippen molar-refractivity contribution >= 4 is 11.1 Å². The molecule has 2 N–H and O–H groups in total. The van der Waals surface area contributed by atoms with Crippen LogP contribution in [0, 0.1) is 6.92 Å². The van der Waals surface area contributed by atoms with Crippen molar-refractivity contribution in [1.29, 1.82) is 0 Å². The van der Waals surface area contributed by atoms with Crippen molar-refractivity contribution in [3.05, 3.63) is 65.0 Å². The maximum absolute atomic E-state index is 6.32. The van der Waals surface area contributed by atoms with E-state index in [1.54, 1.807) is 0 Å². The summed E-state index contributed by atoms with van der Waals surface area (Å²) in [6.07, 6.45) is 0. The molecule has 0 amide bonds. The van der Waals surface area contributed by atoms with Gasteiger partial charge in [0, 0.05) is 11.8 Å². The molecule has 2 heterocycles. The Morgan fingerprint density at radius 1 is 1.00 bits per heavy atom. The molecule has 0 fully saturated rings. The average molecular weight is 280 g/mol. The van der Waals surface area contributed by atoms with Gasteiger partial charge in [-0.25, -0.2) is 4.98 Å². The number of rotatable bonds is 3. The quantitative estimate of drug-likeness (QED) is 0.778. The van der Waals surface area contributed by atoms with E-state index in [2.05, 4.69) is 43.1 Å². The van der Waals surface area contributed by atoms with E-state index in [-0.39, 0.29) is 6.04 Å². The van der Waals surface area contributed by atoms with Crippen LogP contribution in [0.25, 0.3) is 11.1 Å². The third-order valence-electron chi connectivity index (χ3n) is 3.80. The number of hydrogen-bond acceptors (Lipinski definition) is 3. The van der Waals surface area contributed by atoms with Crippen molar-refractivity contribution in [3.63, 3.8) is 0 Å². The minimum absolute atomic E-state index is 0.263. The lowest BCUT2D eigenvalue weighted by Gasteiger charge is -2.11. The van der Waals surface area contributed by atoms with Gasteiger partial charge in [0.15, 0.2) is 5.58 Å². The maximum Gasteiger partial charge on any atom is 0.152 e. The van der Waals surface area contributed by atoms with Crippen LogP contribution in [-0.2, 0) is 0 Å². The lowest BCUT2D eigenvalue weighted by atomic mass is 9.98. The van der Waals surface area contributed by atoms with E-state index in [1.807, 2.05) is 25.1 Å². The number of hydrogen-bond donors (Lipinski definition) is 1. The molecule has 1 aromatic carbocycles. The third kappa shape index (κ3) is 2.69. The molecule has 0 radical (unpaired) electrons. The van der Waals surface area contributed by atoms with Crippen molar-refractivity contribution in [1.82, 2.24) is 4.98 Å². The Morgan fingerprint density at radius 3 is 2.33 bits per heavy atom. The van der Waals surface area contributed by atoms with E-state index in [9.17, 15) is 0 Å². The largest absolute Gasteiger partial charge is 0.457 e. The van der Waals surface area contributed by atoms with Crippen molar-refractivity contribution in [3.8, 4) is 0 Å². The standard InChI is InChI=1S/C18H20N2O/c1-11(2)13-5-7-14(8-6-13)18(19)17-10-15-16(21-17)9-4-12(3)20-15/h4-11,18H,19H2,1-3H3. The molecule has 3 aromatic rings.